The molecule has 1 heterocycles. The lowest BCUT2D eigenvalue weighted by atomic mass is 9.89. The van der Waals surface area contributed by atoms with E-state index in [1.165, 1.54) is 0 Å². The van der Waals surface area contributed by atoms with Gasteiger partial charge in [0.15, 0.2) is 0 Å². The van der Waals surface area contributed by atoms with Crippen molar-refractivity contribution in [1.29, 1.82) is 0 Å². The molecule has 1 saturated heterocycles. The Balaban J connectivity index is 2.32. The Hall–Kier alpha value is -1.91. The van der Waals surface area contributed by atoms with Crippen LogP contribution in [0.2, 0.25) is 0 Å². The second-order valence-corrected chi connectivity index (χ2v) is 7.13. The van der Waals surface area contributed by atoms with E-state index in [4.69, 9.17) is 9.47 Å². The summed E-state index contributed by atoms with van der Waals surface area (Å²) in [7, 11) is 0. The first-order chi connectivity index (χ1) is 11.2. The van der Waals surface area contributed by atoms with Crippen LogP contribution < -0.4 is 0 Å². The largest absolute Gasteiger partial charge is 0.458 e. The molecule has 0 aromatic heterocycles. The van der Waals surface area contributed by atoms with Crippen LogP contribution >= 0.6 is 0 Å². The minimum Gasteiger partial charge on any atom is -0.458 e. The van der Waals surface area contributed by atoms with E-state index < -0.39 is 12.1 Å². The van der Waals surface area contributed by atoms with Gasteiger partial charge in [-0.15, -0.1) is 0 Å². The molecule has 0 amide bonds. The Morgan fingerprint density at radius 2 is 2.08 bits per heavy atom. The first kappa shape index (κ1) is 18.4. The smallest absolute Gasteiger partial charge is 0.334 e. The molecule has 24 heavy (non-hydrogen) atoms. The number of ether oxygens (including phenoxy) is 2. The van der Waals surface area contributed by atoms with Crippen LogP contribution in [0.15, 0.2) is 23.8 Å². The molecule has 5 heteroatoms. The molecule has 0 aromatic rings. The van der Waals surface area contributed by atoms with Crippen LogP contribution in [0.3, 0.4) is 0 Å². The number of rotatable bonds is 5. The van der Waals surface area contributed by atoms with Crippen molar-refractivity contribution in [1.82, 2.24) is 0 Å². The topological polar surface area (TPSA) is 69.7 Å². The zero-order valence-electron chi connectivity index (χ0n) is 14.8. The van der Waals surface area contributed by atoms with Crippen LogP contribution in [0.25, 0.3) is 0 Å². The number of ketones is 1. The molecule has 0 spiro atoms. The van der Waals surface area contributed by atoms with Gasteiger partial charge in [-0.05, 0) is 31.8 Å². The van der Waals surface area contributed by atoms with Crippen LogP contribution in [0.4, 0.5) is 0 Å². The zero-order chi connectivity index (χ0) is 18.0. The molecule has 4 atom stereocenters. The summed E-state index contributed by atoms with van der Waals surface area (Å²) in [4.78, 5) is 35.3. The van der Waals surface area contributed by atoms with E-state index in [0.717, 1.165) is 5.57 Å². The summed E-state index contributed by atoms with van der Waals surface area (Å²) in [5.41, 5.74) is 1.43. The number of hydrogen-bond donors (Lipinski definition) is 0. The fraction of sp³-hybridized carbons (Fsp3) is 0.632. The summed E-state index contributed by atoms with van der Waals surface area (Å²) in [5.74, 6) is -1.06. The van der Waals surface area contributed by atoms with Crippen molar-refractivity contribution in [3.8, 4) is 0 Å². The maximum atomic E-state index is 12.1. The molecule has 2 aliphatic rings. The van der Waals surface area contributed by atoms with Crippen molar-refractivity contribution < 1.29 is 23.9 Å². The molecular formula is C19H26O5. The highest BCUT2D eigenvalue weighted by Gasteiger charge is 2.46. The minimum absolute atomic E-state index is 0.124. The first-order valence-electron chi connectivity index (χ1n) is 8.51. The van der Waals surface area contributed by atoms with Gasteiger partial charge < -0.3 is 14.3 Å². The average molecular weight is 334 g/mol. The number of hydrogen-bond acceptors (Lipinski definition) is 5. The van der Waals surface area contributed by atoms with E-state index in [1.807, 2.05) is 13.0 Å². The van der Waals surface area contributed by atoms with Crippen molar-refractivity contribution in [2.75, 3.05) is 0 Å². The van der Waals surface area contributed by atoms with Crippen molar-refractivity contribution in [2.45, 2.75) is 59.2 Å². The fourth-order valence-electron chi connectivity index (χ4n) is 3.26. The Morgan fingerprint density at radius 3 is 2.67 bits per heavy atom. The summed E-state index contributed by atoms with van der Waals surface area (Å²) in [6.45, 7) is 11.0. The van der Waals surface area contributed by atoms with Crippen LogP contribution in [0.1, 0.15) is 47.0 Å². The molecule has 0 bridgehead atoms. The van der Waals surface area contributed by atoms with E-state index in [9.17, 15) is 14.4 Å². The van der Waals surface area contributed by atoms with Gasteiger partial charge >= 0.3 is 11.9 Å². The molecule has 0 radical (unpaired) electrons. The molecule has 1 aliphatic carbocycles. The second kappa shape index (κ2) is 7.32. The highest BCUT2D eigenvalue weighted by molar-refractivity contribution is 5.91. The second-order valence-electron chi connectivity index (χ2n) is 7.13. The van der Waals surface area contributed by atoms with E-state index >= 15 is 0 Å². The highest BCUT2D eigenvalue weighted by atomic mass is 16.6. The van der Waals surface area contributed by atoms with Crippen molar-refractivity contribution >= 4 is 17.7 Å². The predicted octanol–water partition coefficient (Wildman–Crippen LogP) is 2.99. The molecule has 5 nitrogen and oxygen atoms in total. The van der Waals surface area contributed by atoms with Crippen LogP contribution in [0.5, 0.6) is 0 Å². The lowest BCUT2D eigenvalue weighted by molar-refractivity contribution is -0.153. The van der Waals surface area contributed by atoms with Gasteiger partial charge in [-0.25, -0.2) is 4.79 Å². The van der Waals surface area contributed by atoms with Crippen LogP contribution in [-0.4, -0.2) is 29.9 Å². The third kappa shape index (κ3) is 3.94. The van der Waals surface area contributed by atoms with E-state index in [2.05, 4.69) is 6.58 Å². The minimum atomic E-state index is -0.573. The standard InChI is InChI=1S/C19H26O5/c1-10(2)18(21)23-16-9-14(7-6-12(4)20)11(3)8-15-17(16)13(5)19(22)24-15/h9-11,15-17H,5-8H2,1-4H3/t11-,15+,16-,17+/m0/s1. The van der Waals surface area contributed by atoms with Gasteiger partial charge in [0.05, 0.1) is 11.8 Å². The van der Waals surface area contributed by atoms with Gasteiger partial charge in [-0.1, -0.05) is 32.9 Å². The number of allylic oxidation sites excluding steroid dienone is 1. The van der Waals surface area contributed by atoms with Gasteiger partial charge in [0.1, 0.15) is 18.0 Å². The van der Waals surface area contributed by atoms with Gasteiger partial charge in [-0.3, -0.25) is 4.79 Å². The molecular weight excluding hydrogens is 308 g/mol. The number of carbonyl (C=O) groups excluding carboxylic acids is 3. The van der Waals surface area contributed by atoms with Crippen molar-refractivity contribution in [2.24, 2.45) is 17.8 Å². The molecule has 1 fully saturated rings. The molecule has 0 saturated carbocycles. The lowest BCUT2D eigenvalue weighted by Gasteiger charge is -2.23. The Bertz CT molecular complexity index is 587. The summed E-state index contributed by atoms with van der Waals surface area (Å²) in [6, 6.07) is 0. The number of fused-ring (bicyclic) bond motifs is 1. The zero-order valence-corrected chi connectivity index (χ0v) is 14.8. The maximum absolute atomic E-state index is 12.1. The summed E-state index contributed by atoms with van der Waals surface area (Å²) in [5, 5.41) is 0. The molecule has 2 rings (SSSR count). The third-order valence-electron chi connectivity index (χ3n) is 4.76. The normalized spacial score (nSPS) is 29.6. The van der Waals surface area contributed by atoms with Crippen LogP contribution in [-0.2, 0) is 23.9 Å². The van der Waals surface area contributed by atoms with Gasteiger partial charge in [0.25, 0.3) is 0 Å². The Morgan fingerprint density at radius 1 is 1.42 bits per heavy atom. The SMILES string of the molecule is C=C1C(=O)O[C@@H]2C[C@H](C)C(CCC(C)=O)=C[C@H](OC(=O)C(C)C)[C@H]12. The average Bonchev–Trinajstić information content (AvgIpc) is 2.68. The summed E-state index contributed by atoms with van der Waals surface area (Å²) < 4.78 is 11.1. The quantitative estimate of drug-likeness (QED) is 0.439. The third-order valence-corrected chi connectivity index (χ3v) is 4.76. The van der Waals surface area contributed by atoms with E-state index in [0.29, 0.717) is 24.8 Å². The molecule has 1 aliphatic heterocycles. The molecule has 132 valence electrons. The number of esters is 2. The fourth-order valence-corrected chi connectivity index (χ4v) is 3.26. The Labute approximate surface area is 143 Å². The van der Waals surface area contributed by atoms with Crippen molar-refractivity contribution in [3.05, 3.63) is 23.8 Å². The number of Topliss-reactive ketones (excluding diaryl/α,β-unsaturated/α-hetero) is 1. The number of carbonyl (C=O) groups is 3. The Kier molecular flexibility index (Phi) is 5.62. The van der Waals surface area contributed by atoms with Crippen molar-refractivity contribution in [3.63, 3.8) is 0 Å². The summed E-state index contributed by atoms with van der Waals surface area (Å²) in [6.07, 6.45) is 2.73. The van der Waals surface area contributed by atoms with E-state index in [-0.39, 0.29) is 35.6 Å². The first-order valence-corrected chi connectivity index (χ1v) is 8.51. The highest BCUT2D eigenvalue weighted by Crippen LogP contribution is 2.40. The molecule has 0 aromatic carbocycles. The van der Waals surface area contributed by atoms with Crippen LogP contribution in [0, 0.1) is 17.8 Å². The monoisotopic (exact) mass is 334 g/mol. The van der Waals surface area contributed by atoms with E-state index in [1.54, 1.807) is 20.8 Å². The molecule has 0 N–H and O–H groups in total. The maximum Gasteiger partial charge on any atom is 0.334 e. The van der Waals surface area contributed by atoms with Gasteiger partial charge in [0, 0.05) is 12.0 Å². The predicted molar refractivity (Wildman–Crippen MR) is 89.0 cm³/mol. The van der Waals surface area contributed by atoms with Gasteiger partial charge in [0.2, 0.25) is 0 Å². The molecule has 0 unspecified atom stereocenters. The summed E-state index contributed by atoms with van der Waals surface area (Å²) >= 11 is 0. The van der Waals surface area contributed by atoms with Gasteiger partial charge in [-0.2, -0.15) is 0 Å². The lowest BCUT2D eigenvalue weighted by Crippen LogP contribution is -2.32.